The number of rotatable bonds is 2. The standard InChI is InChI=1S/C16H19FN2S/c1-9(12-8-10-5-6-11(12)7-10)19-14-4-2-3-13(17)15(14)18-16(19)20/h2-4,9-12H,5-8H2,1H3,(H,18,20). The van der Waals surface area contributed by atoms with Crippen LogP contribution in [0, 0.1) is 28.3 Å². The van der Waals surface area contributed by atoms with E-state index in [1.54, 1.807) is 6.07 Å². The van der Waals surface area contributed by atoms with Crippen molar-refractivity contribution in [2.45, 2.75) is 38.6 Å². The zero-order chi connectivity index (χ0) is 13.9. The van der Waals surface area contributed by atoms with Crippen molar-refractivity contribution in [1.82, 2.24) is 9.55 Å². The van der Waals surface area contributed by atoms with E-state index < -0.39 is 0 Å². The van der Waals surface area contributed by atoms with E-state index in [0.29, 0.717) is 22.2 Å². The highest BCUT2D eigenvalue weighted by Gasteiger charge is 2.42. The first kappa shape index (κ1) is 12.6. The first-order chi connectivity index (χ1) is 9.65. The van der Waals surface area contributed by atoms with E-state index in [-0.39, 0.29) is 5.82 Å². The van der Waals surface area contributed by atoms with Crippen molar-refractivity contribution in [1.29, 1.82) is 0 Å². The second-order valence-electron chi connectivity index (χ2n) is 6.51. The third-order valence-electron chi connectivity index (χ3n) is 5.52. The fraction of sp³-hybridized carbons (Fsp3) is 0.562. The molecule has 4 heteroatoms. The maximum absolute atomic E-state index is 13.9. The molecule has 2 fully saturated rings. The highest BCUT2D eigenvalue weighted by Crippen LogP contribution is 2.52. The molecule has 0 aliphatic heterocycles. The van der Waals surface area contributed by atoms with Crippen LogP contribution in [0.2, 0.25) is 0 Å². The molecule has 0 amide bonds. The largest absolute Gasteiger partial charge is 0.328 e. The summed E-state index contributed by atoms with van der Waals surface area (Å²) in [4.78, 5) is 3.05. The Bertz CT molecular complexity index is 717. The van der Waals surface area contributed by atoms with Crippen LogP contribution >= 0.6 is 12.2 Å². The lowest BCUT2D eigenvalue weighted by Crippen LogP contribution is -2.22. The van der Waals surface area contributed by atoms with E-state index in [1.165, 1.54) is 31.7 Å². The molecule has 1 aromatic heterocycles. The summed E-state index contributed by atoms with van der Waals surface area (Å²) in [6.07, 6.45) is 5.47. The van der Waals surface area contributed by atoms with Crippen LogP contribution in [0.3, 0.4) is 0 Å². The molecule has 0 saturated heterocycles. The third-order valence-corrected chi connectivity index (χ3v) is 5.82. The van der Waals surface area contributed by atoms with Crippen LogP contribution in [-0.4, -0.2) is 9.55 Å². The molecule has 4 atom stereocenters. The normalized spacial score (nSPS) is 30.2. The SMILES string of the molecule is CC(C1CC2CCC1C2)n1c(=S)[nH]c2c(F)cccc21. The zero-order valence-corrected chi connectivity index (χ0v) is 12.4. The van der Waals surface area contributed by atoms with Gasteiger partial charge in [-0.15, -0.1) is 0 Å². The van der Waals surface area contributed by atoms with Crippen LogP contribution < -0.4 is 0 Å². The number of imidazole rings is 1. The number of hydrogen-bond acceptors (Lipinski definition) is 1. The van der Waals surface area contributed by atoms with E-state index in [2.05, 4.69) is 16.5 Å². The molecule has 1 heterocycles. The summed E-state index contributed by atoms with van der Waals surface area (Å²) in [5.74, 6) is 2.24. The van der Waals surface area contributed by atoms with Crippen molar-refractivity contribution in [2.75, 3.05) is 0 Å². The molecule has 2 nitrogen and oxygen atoms in total. The number of nitrogens with zero attached hydrogens (tertiary/aromatic N) is 1. The van der Waals surface area contributed by atoms with Crippen molar-refractivity contribution >= 4 is 23.3 Å². The summed E-state index contributed by atoms with van der Waals surface area (Å²) in [6.45, 7) is 2.25. The van der Waals surface area contributed by atoms with Gasteiger partial charge < -0.3 is 9.55 Å². The highest BCUT2D eigenvalue weighted by atomic mass is 32.1. The number of nitrogens with one attached hydrogen (secondary N) is 1. The van der Waals surface area contributed by atoms with Gasteiger partial charge in [0.2, 0.25) is 0 Å². The van der Waals surface area contributed by atoms with Gasteiger partial charge in [-0.2, -0.15) is 0 Å². The Morgan fingerprint density at radius 1 is 1.35 bits per heavy atom. The average molecular weight is 290 g/mol. The minimum absolute atomic E-state index is 0.215. The van der Waals surface area contributed by atoms with E-state index in [1.807, 2.05) is 6.07 Å². The monoisotopic (exact) mass is 290 g/mol. The lowest BCUT2D eigenvalue weighted by Gasteiger charge is -2.29. The fourth-order valence-corrected chi connectivity index (χ4v) is 4.96. The molecule has 1 N–H and O–H groups in total. The molecule has 2 bridgehead atoms. The predicted molar refractivity (Wildman–Crippen MR) is 80.7 cm³/mol. The lowest BCUT2D eigenvalue weighted by molar-refractivity contribution is 0.245. The van der Waals surface area contributed by atoms with Crippen molar-refractivity contribution < 1.29 is 4.39 Å². The van der Waals surface area contributed by atoms with E-state index in [4.69, 9.17) is 12.2 Å². The summed E-state index contributed by atoms with van der Waals surface area (Å²) < 4.78 is 16.7. The smallest absolute Gasteiger partial charge is 0.178 e. The molecule has 20 heavy (non-hydrogen) atoms. The van der Waals surface area contributed by atoms with Crippen molar-refractivity contribution in [3.8, 4) is 0 Å². The summed E-state index contributed by atoms with van der Waals surface area (Å²) in [5, 5.41) is 0. The molecule has 0 radical (unpaired) electrons. The highest BCUT2D eigenvalue weighted by molar-refractivity contribution is 7.71. The van der Waals surface area contributed by atoms with Gasteiger partial charge in [-0.1, -0.05) is 12.5 Å². The van der Waals surface area contributed by atoms with Gasteiger partial charge in [0.1, 0.15) is 11.3 Å². The number of aromatic nitrogens is 2. The maximum atomic E-state index is 13.9. The number of benzene rings is 1. The van der Waals surface area contributed by atoms with E-state index in [0.717, 1.165) is 17.4 Å². The molecule has 0 spiro atoms. The molecule has 2 saturated carbocycles. The van der Waals surface area contributed by atoms with E-state index in [9.17, 15) is 4.39 Å². The number of hydrogen-bond donors (Lipinski definition) is 1. The molecule has 1 aromatic carbocycles. The van der Waals surface area contributed by atoms with Gasteiger partial charge in [0.05, 0.1) is 5.52 Å². The first-order valence-corrected chi connectivity index (χ1v) is 7.94. The Morgan fingerprint density at radius 3 is 2.90 bits per heavy atom. The van der Waals surface area contributed by atoms with Gasteiger partial charge in [-0.25, -0.2) is 4.39 Å². The van der Waals surface area contributed by atoms with Gasteiger partial charge >= 0.3 is 0 Å². The van der Waals surface area contributed by atoms with Crippen LogP contribution in [-0.2, 0) is 0 Å². The van der Waals surface area contributed by atoms with E-state index >= 15 is 0 Å². The summed E-state index contributed by atoms with van der Waals surface area (Å²) in [7, 11) is 0. The minimum atomic E-state index is -0.215. The quantitative estimate of drug-likeness (QED) is 0.785. The van der Waals surface area contributed by atoms with Gasteiger partial charge in [0.15, 0.2) is 4.77 Å². The first-order valence-electron chi connectivity index (χ1n) is 7.54. The third kappa shape index (κ3) is 1.70. The second kappa shape index (κ2) is 4.42. The maximum Gasteiger partial charge on any atom is 0.178 e. The van der Waals surface area contributed by atoms with Gasteiger partial charge in [0.25, 0.3) is 0 Å². The lowest BCUT2D eigenvalue weighted by atomic mass is 9.84. The van der Waals surface area contributed by atoms with Crippen LogP contribution in [0.5, 0.6) is 0 Å². The van der Waals surface area contributed by atoms with Gasteiger partial charge in [-0.3, -0.25) is 0 Å². The van der Waals surface area contributed by atoms with Crippen LogP contribution in [0.4, 0.5) is 4.39 Å². The molecule has 2 aliphatic rings. The number of halogens is 1. The number of para-hydroxylation sites is 1. The van der Waals surface area contributed by atoms with Crippen molar-refractivity contribution in [3.63, 3.8) is 0 Å². The van der Waals surface area contributed by atoms with Gasteiger partial charge in [-0.05, 0) is 68.3 Å². The second-order valence-corrected chi connectivity index (χ2v) is 6.90. The number of aromatic amines is 1. The Morgan fingerprint density at radius 2 is 2.20 bits per heavy atom. The molecular weight excluding hydrogens is 271 g/mol. The van der Waals surface area contributed by atoms with Crippen LogP contribution in [0.1, 0.15) is 38.6 Å². The Labute approximate surface area is 123 Å². The Kier molecular flexibility index (Phi) is 2.78. The average Bonchev–Trinajstić information content (AvgIpc) is 3.11. The summed E-state index contributed by atoms with van der Waals surface area (Å²) >= 11 is 5.45. The fourth-order valence-electron chi connectivity index (χ4n) is 4.59. The zero-order valence-electron chi connectivity index (χ0n) is 11.6. The molecule has 106 valence electrons. The minimum Gasteiger partial charge on any atom is -0.328 e. The molecule has 2 aromatic rings. The Balaban J connectivity index is 1.80. The van der Waals surface area contributed by atoms with Crippen molar-refractivity contribution in [2.24, 2.45) is 17.8 Å². The van der Waals surface area contributed by atoms with Crippen LogP contribution in [0.25, 0.3) is 11.0 Å². The van der Waals surface area contributed by atoms with Crippen LogP contribution in [0.15, 0.2) is 18.2 Å². The Hall–Kier alpha value is -1.16. The molecular formula is C16H19FN2S. The number of fused-ring (bicyclic) bond motifs is 3. The summed E-state index contributed by atoms with van der Waals surface area (Å²) in [6, 6.07) is 5.58. The molecule has 4 rings (SSSR count). The molecule has 4 unspecified atom stereocenters. The summed E-state index contributed by atoms with van der Waals surface area (Å²) in [5.41, 5.74) is 1.46. The van der Waals surface area contributed by atoms with Gasteiger partial charge in [0, 0.05) is 6.04 Å². The van der Waals surface area contributed by atoms with Crippen molar-refractivity contribution in [3.05, 3.63) is 28.8 Å². The topological polar surface area (TPSA) is 20.7 Å². The predicted octanol–water partition coefficient (Wildman–Crippen LogP) is 4.84. The number of H-pyrrole nitrogens is 1. The molecule has 2 aliphatic carbocycles.